The normalized spacial score (nSPS) is 13.7. The first kappa shape index (κ1) is 34.8. The number of hydrogen-bond acceptors (Lipinski definition) is 1. The van der Waals surface area contributed by atoms with Crippen molar-refractivity contribution in [2.24, 2.45) is 0 Å². The fourth-order valence-electron chi connectivity index (χ4n) is 8.90. The molecule has 0 amide bonds. The molecule has 0 atom stereocenters. The summed E-state index contributed by atoms with van der Waals surface area (Å²) in [6, 6.07) is 65.4. The Balaban J connectivity index is 1.13. The molecular weight excluding hydrogens is 663 g/mol. The fourth-order valence-corrected chi connectivity index (χ4v) is 8.90. The van der Waals surface area contributed by atoms with Crippen molar-refractivity contribution in [3.63, 3.8) is 0 Å². The van der Waals surface area contributed by atoms with Crippen LogP contribution in [0, 0.1) is 0 Å². The zero-order valence-corrected chi connectivity index (χ0v) is 32.3. The van der Waals surface area contributed by atoms with Gasteiger partial charge in [-0.1, -0.05) is 186 Å². The number of nitrogens with zero attached hydrogens (tertiary/aromatic N) is 1. The van der Waals surface area contributed by atoms with E-state index in [9.17, 15) is 0 Å². The molecule has 0 spiro atoms. The molecule has 0 aromatic heterocycles. The van der Waals surface area contributed by atoms with E-state index in [4.69, 9.17) is 0 Å². The Kier molecular flexibility index (Phi) is 9.32. The van der Waals surface area contributed by atoms with E-state index in [0.29, 0.717) is 5.92 Å². The van der Waals surface area contributed by atoms with E-state index in [2.05, 4.69) is 202 Å². The molecule has 9 rings (SSSR count). The Morgan fingerprint density at radius 3 is 1.67 bits per heavy atom. The van der Waals surface area contributed by atoms with Crippen LogP contribution in [-0.2, 0) is 5.41 Å². The van der Waals surface area contributed by atoms with Gasteiger partial charge in [-0.2, -0.15) is 0 Å². The molecule has 0 N–H and O–H groups in total. The average Bonchev–Trinajstić information content (AvgIpc) is 3.24. The van der Waals surface area contributed by atoms with Crippen LogP contribution >= 0.6 is 0 Å². The van der Waals surface area contributed by atoms with Gasteiger partial charge >= 0.3 is 0 Å². The molecule has 1 aliphatic rings. The van der Waals surface area contributed by atoms with Crippen molar-refractivity contribution >= 4 is 38.6 Å². The Bertz CT molecular complexity index is 2570. The third-order valence-corrected chi connectivity index (χ3v) is 11.9. The third kappa shape index (κ3) is 6.85. The van der Waals surface area contributed by atoms with Crippen molar-refractivity contribution in [2.45, 2.75) is 64.2 Å². The maximum atomic E-state index is 2.46. The van der Waals surface area contributed by atoms with Crippen molar-refractivity contribution < 1.29 is 0 Å². The van der Waals surface area contributed by atoms with Gasteiger partial charge in [0.1, 0.15) is 0 Å². The fraction of sp³-hybridized carbons (Fsp3) is 0.185. The van der Waals surface area contributed by atoms with Crippen molar-refractivity contribution in [3.8, 4) is 33.4 Å². The molecule has 270 valence electrons. The predicted octanol–water partition coefficient (Wildman–Crippen LogP) is 15.8. The van der Waals surface area contributed by atoms with Gasteiger partial charge in [-0.25, -0.2) is 0 Å². The summed E-state index contributed by atoms with van der Waals surface area (Å²) in [5.41, 5.74) is 13.9. The first-order valence-corrected chi connectivity index (χ1v) is 20.1. The summed E-state index contributed by atoms with van der Waals surface area (Å²) in [4.78, 5) is 2.46. The Morgan fingerprint density at radius 1 is 0.436 bits per heavy atom. The van der Waals surface area contributed by atoms with E-state index in [1.165, 1.54) is 104 Å². The second-order valence-corrected chi connectivity index (χ2v) is 16.4. The lowest BCUT2D eigenvalue weighted by atomic mass is 9.80. The van der Waals surface area contributed by atoms with Crippen molar-refractivity contribution in [3.05, 3.63) is 187 Å². The average molecular weight is 712 g/mol. The van der Waals surface area contributed by atoms with E-state index < -0.39 is 0 Å². The molecule has 55 heavy (non-hydrogen) atoms. The van der Waals surface area contributed by atoms with Crippen LogP contribution in [0.4, 0.5) is 17.1 Å². The Hall–Kier alpha value is -5.92. The number of para-hydroxylation sites is 1. The molecule has 0 radical (unpaired) electrons. The van der Waals surface area contributed by atoms with Gasteiger partial charge in [-0.05, 0) is 115 Å². The quantitative estimate of drug-likeness (QED) is 0.159. The number of hydrogen-bond donors (Lipinski definition) is 0. The smallest absolute Gasteiger partial charge is 0.0540 e. The van der Waals surface area contributed by atoms with Gasteiger partial charge in [0.05, 0.1) is 5.69 Å². The van der Waals surface area contributed by atoms with E-state index in [0.717, 1.165) is 11.4 Å². The highest BCUT2D eigenvalue weighted by Crippen LogP contribution is 2.46. The Morgan fingerprint density at radius 2 is 0.964 bits per heavy atom. The topological polar surface area (TPSA) is 3.24 Å². The molecule has 8 aromatic carbocycles. The van der Waals surface area contributed by atoms with Gasteiger partial charge in [-0.3, -0.25) is 0 Å². The molecule has 1 heteroatoms. The van der Waals surface area contributed by atoms with E-state index in [1.54, 1.807) is 0 Å². The monoisotopic (exact) mass is 711 g/mol. The highest BCUT2D eigenvalue weighted by Gasteiger charge is 2.23. The highest BCUT2D eigenvalue weighted by atomic mass is 15.1. The van der Waals surface area contributed by atoms with E-state index >= 15 is 0 Å². The van der Waals surface area contributed by atoms with Crippen LogP contribution in [0.25, 0.3) is 54.9 Å². The van der Waals surface area contributed by atoms with Gasteiger partial charge in [0.2, 0.25) is 0 Å². The van der Waals surface area contributed by atoms with Gasteiger partial charge in [0, 0.05) is 16.9 Å². The van der Waals surface area contributed by atoms with E-state index in [1.807, 2.05) is 0 Å². The molecule has 1 fully saturated rings. The second-order valence-electron chi connectivity index (χ2n) is 16.4. The van der Waals surface area contributed by atoms with E-state index in [-0.39, 0.29) is 5.41 Å². The van der Waals surface area contributed by atoms with Gasteiger partial charge in [0.15, 0.2) is 0 Å². The standard InChI is InChI=1S/C54H49N/c1-54(2,3)44-32-36-46(37-33-44)55(45-34-30-39(31-35-45)38-26-28-42(29-27-38)48-22-11-17-40-16-7-8-20-47(40)48)52-25-10-9-21-50(52)51-24-13-19-43-18-12-23-49(53(43)51)41-14-5-4-6-15-41/h7-13,16-37,41H,4-6,14-15H2,1-3H3. The van der Waals surface area contributed by atoms with Crippen LogP contribution in [0.2, 0.25) is 0 Å². The molecular formula is C54H49N. The molecule has 0 unspecified atom stereocenters. The molecule has 0 heterocycles. The lowest BCUT2D eigenvalue weighted by Crippen LogP contribution is -2.14. The summed E-state index contributed by atoms with van der Waals surface area (Å²) in [5, 5.41) is 5.29. The molecule has 8 aromatic rings. The second kappa shape index (κ2) is 14.7. The molecule has 1 nitrogen and oxygen atoms in total. The van der Waals surface area contributed by atoms with Crippen LogP contribution in [-0.4, -0.2) is 0 Å². The highest BCUT2D eigenvalue weighted by molar-refractivity contribution is 6.03. The zero-order valence-electron chi connectivity index (χ0n) is 32.3. The maximum absolute atomic E-state index is 2.46. The number of anilines is 3. The van der Waals surface area contributed by atoms with Crippen LogP contribution in [0.1, 0.15) is 69.9 Å². The van der Waals surface area contributed by atoms with Crippen LogP contribution in [0.5, 0.6) is 0 Å². The van der Waals surface area contributed by atoms with Crippen LogP contribution in [0.15, 0.2) is 176 Å². The summed E-state index contributed by atoms with van der Waals surface area (Å²) >= 11 is 0. The summed E-state index contributed by atoms with van der Waals surface area (Å²) in [6.45, 7) is 6.85. The minimum atomic E-state index is 0.0740. The molecule has 0 saturated heterocycles. The summed E-state index contributed by atoms with van der Waals surface area (Å²) in [6.07, 6.45) is 6.55. The minimum absolute atomic E-state index is 0.0740. The molecule has 0 aliphatic heterocycles. The van der Waals surface area contributed by atoms with Gasteiger partial charge < -0.3 is 4.90 Å². The summed E-state index contributed by atoms with van der Waals surface area (Å²) < 4.78 is 0. The SMILES string of the molecule is CC(C)(C)c1ccc(N(c2ccc(-c3ccc(-c4cccc5ccccc45)cc3)cc2)c2ccccc2-c2cccc3cccc(C4CCCCC4)c23)cc1. The lowest BCUT2D eigenvalue weighted by molar-refractivity contribution is 0.445. The maximum Gasteiger partial charge on any atom is 0.0540 e. The first-order valence-electron chi connectivity index (χ1n) is 20.1. The Labute approximate surface area is 326 Å². The van der Waals surface area contributed by atoms with Gasteiger partial charge in [-0.15, -0.1) is 0 Å². The van der Waals surface area contributed by atoms with Gasteiger partial charge in [0.25, 0.3) is 0 Å². The lowest BCUT2D eigenvalue weighted by Gasteiger charge is -2.30. The predicted molar refractivity (Wildman–Crippen MR) is 237 cm³/mol. The van der Waals surface area contributed by atoms with Crippen LogP contribution in [0.3, 0.4) is 0 Å². The molecule has 1 saturated carbocycles. The number of benzene rings is 8. The minimum Gasteiger partial charge on any atom is -0.310 e. The van der Waals surface area contributed by atoms with Crippen molar-refractivity contribution in [2.75, 3.05) is 4.90 Å². The molecule has 1 aliphatic carbocycles. The summed E-state index contributed by atoms with van der Waals surface area (Å²) in [7, 11) is 0. The summed E-state index contributed by atoms with van der Waals surface area (Å²) in [5.74, 6) is 0.612. The largest absolute Gasteiger partial charge is 0.310 e. The van der Waals surface area contributed by atoms with Crippen molar-refractivity contribution in [1.82, 2.24) is 0 Å². The first-order chi connectivity index (χ1) is 26.9. The molecule has 0 bridgehead atoms. The third-order valence-electron chi connectivity index (χ3n) is 11.9. The number of fused-ring (bicyclic) bond motifs is 2. The van der Waals surface area contributed by atoms with Crippen LogP contribution < -0.4 is 4.90 Å². The number of rotatable bonds is 7. The zero-order chi connectivity index (χ0) is 37.4. The van der Waals surface area contributed by atoms with Crippen molar-refractivity contribution in [1.29, 1.82) is 0 Å².